The van der Waals surface area contributed by atoms with Crippen molar-refractivity contribution in [3.05, 3.63) is 64.8 Å². The van der Waals surface area contributed by atoms with E-state index in [-0.39, 0.29) is 5.78 Å². The number of hydrogen-bond acceptors (Lipinski definition) is 2. The Hall–Kier alpha value is -1.52. The number of para-hydroxylation sites is 1. The molecule has 1 N–H and O–H groups in total. The van der Waals surface area contributed by atoms with Gasteiger partial charge in [0.2, 0.25) is 0 Å². The summed E-state index contributed by atoms with van der Waals surface area (Å²) in [6, 6.07) is 15.8. The van der Waals surface area contributed by atoms with Gasteiger partial charge in [0.05, 0.1) is 5.75 Å². The molecule has 0 radical (unpaired) electrons. The average molecular weight is 346 g/mol. The number of hydrogen-bond donors (Lipinski definition) is 1. The Bertz CT molecular complexity index is 766. The van der Waals surface area contributed by atoms with Crippen LogP contribution in [0.15, 0.2) is 64.1 Å². The van der Waals surface area contributed by atoms with Crippen LogP contribution in [0.4, 0.5) is 0 Å². The third-order valence-electron chi connectivity index (χ3n) is 3.09. The van der Waals surface area contributed by atoms with E-state index in [0.717, 1.165) is 25.8 Å². The number of benzene rings is 2. The lowest BCUT2D eigenvalue weighted by Gasteiger charge is -2.03. The molecule has 4 heteroatoms. The summed E-state index contributed by atoms with van der Waals surface area (Å²) >= 11 is 5.05. The second-order valence-corrected chi connectivity index (χ2v) is 6.26. The molecule has 0 amide bonds. The van der Waals surface area contributed by atoms with E-state index in [4.69, 9.17) is 0 Å². The van der Waals surface area contributed by atoms with Gasteiger partial charge < -0.3 is 4.98 Å². The Morgan fingerprint density at radius 2 is 1.85 bits per heavy atom. The molecule has 100 valence electrons. The maximum absolute atomic E-state index is 12.3. The summed E-state index contributed by atoms with van der Waals surface area (Å²) in [5.74, 6) is 0.577. The summed E-state index contributed by atoms with van der Waals surface area (Å²) in [5.41, 5.74) is 1.77. The van der Waals surface area contributed by atoms with Crippen molar-refractivity contribution < 1.29 is 4.79 Å². The van der Waals surface area contributed by atoms with E-state index < -0.39 is 0 Å². The average Bonchev–Trinajstić information content (AvgIpc) is 2.90. The minimum atomic E-state index is 0.142. The number of fused-ring (bicyclic) bond motifs is 1. The highest BCUT2D eigenvalue weighted by atomic mass is 79.9. The molecule has 0 unspecified atom stereocenters. The van der Waals surface area contributed by atoms with E-state index in [1.54, 1.807) is 18.0 Å². The van der Waals surface area contributed by atoms with Gasteiger partial charge in [-0.2, -0.15) is 0 Å². The van der Waals surface area contributed by atoms with Gasteiger partial charge in [-0.1, -0.05) is 30.3 Å². The largest absolute Gasteiger partial charge is 0.360 e. The van der Waals surface area contributed by atoms with Gasteiger partial charge >= 0.3 is 0 Å². The van der Waals surface area contributed by atoms with E-state index in [1.165, 1.54) is 0 Å². The molecule has 0 aliphatic rings. The molecule has 3 rings (SSSR count). The fourth-order valence-corrected chi connectivity index (χ4v) is 3.54. The lowest BCUT2D eigenvalue weighted by Crippen LogP contribution is -2.01. The number of nitrogens with one attached hydrogen (secondary N) is 1. The first kappa shape index (κ1) is 13.5. The van der Waals surface area contributed by atoms with Crippen LogP contribution in [0.5, 0.6) is 0 Å². The van der Waals surface area contributed by atoms with Gasteiger partial charge in [-0.05, 0) is 34.1 Å². The van der Waals surface area contributed by atoms with Gasteiger partial charge in [-0.15, -0.1) is 11.8 Å². The Balaban J connectivity index is 1.79. The number of halogens is 1. The second kappa shape index (κ2) is 5.85. The number of ketones is 1. The Morgan fingerprint density at radius 3 is 2.70 bits per heavy atom. The van der Waals surface area contributed by atoms with Gasteiger partial charge in [0, 0.05) is 32.0 Å². The highest BCUT2D eigenvalue weighted by Crippen LogP contribution is 2.28. The smallest absolute Gasteiger partial charge is 0.175 e. The topological polar surface area (TPSA) is 32.9 Å². The Labute approximate surface area is 129 Å². The second-order valence-electron chi connectivity index (χ2n) is 4.39. The minimum absolute atomic E-state index is 0.142. The van der Waals surface area contributed by atoms with Crippen LogP contribution in [0.25, 0.3) is 10.9 Å². The molecule has 0 bridgehead atoms. The number of rotatable bonds is 4. The van der Waals surface area contributed by atoms with Gasteiger partial charge in [-0.3, -0.25) is 4.79 Å². The van der Waals surface area contributed by atoms with Crippen molar-refractivity contribution in [2.45, 2.75) is 4.90 Å². The zero-order chi connectivity index (χ0) is 13.9. The molecule has 1 heterocycles. The van der Waals surface area contributed by atoms with Crippen molar-refractivity contribution in [3.8, 4) is 0 Å². The van der Waals surface area contributed by atoms with Crippen molar-refractivity contribution in [2.75, 3.05) is 5.75 Å². The molecule has 0 saturated heterocycles. The van der Waals surface area contributed by atoms with Crippen molar-refractivity contribution >= 4 is 44.4 Å². The predicted molar refractivity (Wildman–Crippen MR) is 87.5 cm³/mol. The summed E-state index contributed by atoms with van der Waals surface area (Å²) in [5, 5.41) is 0.991. The molecule has 0 spiro atoms. The van der Waals surface area contributed by atoms with Crippen LogP contribution in [0.3, 0.4) is 0 Å². The fourth-order valence-electron chi connectivity index (χ4n) is 2.09. The highest BCUT2D eigenvalue weighted by molar-refractivity contribution is 9.10. The molecule has 0 aliphatic carbocycles. The molecule has 3 aromatic rings. The third-order valence-corrected chi connectivity index (χ3v) is 5.11. The van der Waals surface area contributed by atoms with E-state index in [2.05, 4.69) is 20.9 Å². The lowest BCUT2D eigenvalue weighted by molar-refractivity contribution is 0.102. The first-order chi connectivity index (χ1) is 9.75. The highest BCUT2D eigenvalue weighted by Gasteiger charge is 2.12. The van der Waals surface area contributed by atoms with E-state index in [1.807, 2.05) is 48.5 Å². The van der Waals surface area contributed by atoms with E-state index in [0.29, 0.717) is 5.75 Å². The summed E-state index contributed by atoms with van der Waals surface area (Å²) in [6.07, 6.45) is 1.80. The first-order valence-corrected chi connectivity index (χ1v) is 8.00. The molecule has 20 heavy (non-hydrogen) atoms. The predicted octanol–water partition coefficient (Wildman–Crippen LogP) is 4.91. The molecule has 0 fully saturated rings. The maximum Gasteiger partial charge on any atom is 0.175 e. The van der Waals surface area contributed by atoms with Gasteiger partial charge in [0.15, 0.2) is 5.78 Å². The molecular formula is C16H12BrNOS. The SMILES string of the molecule is O=C(CSc1ccccc1Br)c1c[nH]c2ccccc12. The standard InChI is InChI=1S/C16H12BrNOS/c17-13-6-2-4-8-16(13)20-10-15(19)12-9-18-14-7-3-1-5-11(12)14/h1-9,18H,10H2. The molecule has 0 saturated carbocycles. The molecular weight excluding hydrogens is 334 g/mol. The summed E-state index contributed by atoms with van der Waals surface area (Å²) in [4.78, 5) is 16.6. The quantitative estimate of drug-likeness (QED) is 0.538. The van der Waals surface area contributed by atoms with Crippen LogP contribution >= 0.6 is 27.7 Å². The summed E-state index contributed by atoms with van der Waals surface area (Å²) in [6.45, 7) is 0. The summed E-state index contributed by atoms with van der Waals surface area (Å²) < 4.78 is 1.02. The van der Waals surface area contributed by atoms with Crippen molar-refractivity contribution in [2.24, 2.45) is 0 Å². The van der Waals surface area contributed by atoms with E-state index in [9.17, 15) is 4.79 Å². The van der Waals surface area contributed by atoms with Crippen molar-refractivity contribution in [3.63, 3.8) is 0 Å². The normalized spacial score (nSPS) is 10.8. The van der Waals surface area contributed by atoms with Crippen molar-refractivity contribution in [1.82, 2.24) is 4.98 Å². The van der Waals surface area contributed by atoms with Crippen LogP contribution in [0.1, 0.15) is 10.4 Å². The van der Waals surface area contributed by atoms with E-state index >= 15 is 0 Å². The number of aromatic amines is 1. The van der Waals surface area contributed by atoms with Crippen LogP contribution in [-0.4, -0.2) is 16.5 Å². The zero-order valence-electron chi connectivity index (χ0n) is 10.6. The maximum atomic E-state index is 12.3. The van der Waals surface area contributed by atoms with Crippen molar-refractivity contribution in [1.29, 1.82) is 0 Å². The number of carbonyl (C=O) groups is 1. The van der Waals surface area contributed by atoms with Crippen LogP contribution < -0.4 is 0 Å². The fraction of sp³-hybridized carbons (Fsp3) is 0.0625. The molecule has 0 atom stereocenters. The Kier molecular flexibility index (Phi) is 3.94. The van der Waals surface area contributed by atoms with Crippen LogP contribution in [0.2, 0.25) is 0 Å². The lowest BCUT2D eigenvalue weighted by atomic mass is 10.1. The first-order valence-electron chi connectivity index (χ1n) is 6.22. The van der Waals surface area contributed by atoms with Gasteiger partial charge in [0.1, 0.15) is 0 Å². The number of H-pyrrole nitrogens is 1. The number of carbonyl (C=O) groups excluding carboxylic acids is 1. The number of Topliss-reactive ketones (excluding diaryl/α,β-unsaturated/α-hetero) is 1. The molecule has 2 nitrogen and oxygen atoms in total. The van der Waals surface area contributed by atoms with Gasteiger partial charge in [-0.25, -0.2) is 0 Å². The monoisotopic (exact) mass is 345 g/mol. The molecule has 0 aliphatic heterocycles. The third kappa shape index (κ3) is 2.67. The number of aromatic nitrogens is 1. The van der Waals surface area contributed by atoms with Crippen LogP contribution in [-0.2, 0) is 0 Å². The number of thioether (sulfide) groups is 1. The zero-order valence-corrected chi connectivity index (χ0v) is 13.0. The minimum Gasteiger partial charge on any atom is -0.360 e. The Morgan fingerprint density at radius 1 is 1.10 bits per heavy atom. The molecule has 1 aromatic heterocycles. The van der Waals surface area contributed by atoms with Gasteiger partial charge in [0.25, 0.3) is 0 Å². The molecule has 2 aromatic carbocycles. The van der Waals surface area contributed by atoms with Crippen LogP contribution in [0, 0.1) is 0 Å². The summed E-state index contributed by atoms with van der Waals surface area (Å²) in [7, 11) is 0.